The van der Waals surface area contributed by atoms with Gasteiger partial charge in [0.15, 0.2) is 5.69 Å². The van der Waals surface area contributed by atoms with Crippen LogP contribution in [0.15, 0.2) is 6.08 Å². The van der Waals surface area contributed by atoms with Crippen LogP contribution in [-0.2, 0) is 17.9 Å². The Kier molecular flexibility index (Phi) is 6.43. The van der Waals surface area contributed by atoms with E-state index in [1.807, 2.05) is 20.8 Å². The van der Waals surface area contributed by atoms with Crippen molar-refractivity contribution in [3.63, 3.8) is 0 Å². The third-order valence-electron chi connectivity index (χ3n) is 5.63. The number of rotatable bonds is 4. The monoisotopic (exact) mass is 402 g/mol. The van der Waals surface area contributed by atoms with Crippen molar-refractivity contribution in [2.45, 2.75) is 52.7 Å². The van der Waals surface area contributed by atoms with Crippen LogP contribution in [0, 0.1) is 5.41 Å². The molecule has 3 heterocycles. The van der Waals surface area contributed by atoms with Gasteiger partial charge >= 0.3 is 0 Å². The lowest BCUT2D eigenvalue weighted by Crippen LogP contribution is -2.53. The number of hydrogen-bond acceptors (Lipinski definition) is 5. The predicted molar refractivity (Wildman–Crippen MR) is 113 cm³/mol. The van der Waals surface area contributed by atoms with Gasteiger partial charge in [-0.25, -0.2) is 4.98 Å². The molecule has 2 aliphatic rings. The number of hydrogen-bond donors (Lipinski definition) is 3. The van der Waals surface area contributed by atoms with Gasteiger partial charge < -0.3 is 25.4 Å². The highest BCUT2D eigenvalue weighted by molar-refractivity contribution is 5.97. The maximum atomic E-state index is 13.3. The Morgan fingerprint density at radius 2 is 2.03 bits per heavy atom. The predicted octanol–water partition coefficient (Wildman–Crippen LogP) is 0.986. The Bertz CT molecular complexity index is 805. The summed E-state index contributed by atoms with van der Waals surface area (Å²) in [4.78, 5) is 32.7. The third kappa shape index (κ3) is 4.70. The number of likely N-dealkylation sites (N-methyl/N-ethyl adjacent to an activating group) is 1. The van der Waals surface area contributed by atoms with Gasteiger partial charge in [0.1, 0.15) is 11.9 Å². The van der Waals surface area contributed by atoms with Crippen molar-refractivity contribution in [2.75, 3.05) is 33.7 Å². The molecule has 0 saturated heterocycles. The van der Waals surface area contributed by atoms with Gasteiger partial charge in [0, 0.05) is 26.7 Å². The summed E-state index contributed by atoms with van der Waals surface area (Å²) in [5.41, 5.74) is 2.14. The van der Waals surface area contributed by atoms with Crippen LogP contribution >= 0.6 is 0 Å². The fraction of sp³-hybridized carbons (Fsp3) is 0.667. The van der Waals surface area contributed by atoms with Crippen LogP contribution < -0.4 is 16.0 Å². The molecule has 2 amide bonds. The second kappa shape index (κ2) is 8.67. The van der Waals surface area contributed by atoms with Gasteiger partial charge in [0.2, 0.25) is 5.91 Å². The summed E-state index contributed by atoms with van der Waals surface area (Å²) >= 11 is 0. The van der Waals surface area contributed by atoms with Crippen molar-refractivity contribution in [1.82, 2.24) is 30.4 Å². The number of nitrogens with zero attached hydrogens (tertiary/aromatic N) is 3. The molecule has 1 aromatic rings. The topological polar surface area (TPSA) is 91.3 Å². The summed E-state index contributed by atoms with van der Waals surface area (Å²) < 4.78 is 2.21. The van der Waals surface area contributed by atoms with E-state index < -0.39 is 11.5 Å². The van der Waals surface area contributed by atoms with Crippen LogP contribution in [0.3, 0.4) is 0 Å². The standard InChI is InChI=1S/C21H34N6O2/c1-21(2,3)17(20(29)22-4)25-19(28)16-15-13-26(5)11-6-12-27(15)18(24-16)14-7-9-23-10-8-14/h7,17,23H,6,8-13H2,1-5H3,(H,22,29)(H,25,28)/t17-/m1/s1. The SMILES string of the molecule is CNC(=O)[C@@H](NC(=O)c1nc(C2=CCNCC2)n2c1CN(C)CCC2)C(C)(C)C. The van der Waals surface area contributed by atoms with E-state index in [0.29, 0.717) is 12.2 Å². The van der Waals surface area contributed by atoms with Gasteiger partial charge in [-0.3, -0.25) is 9.59 Å². The Morgan fingerprint density at radius 3 is 2.66 bits per heavy atom. The maximum absolute atomic E-state index is 13.3. The van der Waals surface area contributed by atoms with E-state index in [4.69, 9.17) is 4.98 Å². The summed E-state index contributed by atoms with van der Waals surface area (Å²) in [5, 5.41) is 8.94. The van der Waals surface area contributed by atoms with Gasteiger partial charge in [-0.15, -0.1) is 0 Å². The van der Waals surface area contributed by atoms with Crippen molar-refractivity contribution in [3.05, 3.63) is 23.3 Å². The summed E-state index contributed by atoms with van der Waals surface area (Å²) in [6.45, 7) is 10.1. The number of fused-ring (bicyclic) bond motifs is 1. The molecule has 0 spiro atoms. The minimum Gasteiger partial charge on any atom is -0.357 e. The van der Waals surface area contributed by atoms with Crippen LogP contribution in [0.4, 0.5) is 0 Å². The van der Waals surface area contributed by atoms with E-state index in [1.54, 1.807) is 7.05 Å². The summed E-state index contributed by atoms with van der Waals surface area (Å²) in [7, 11) is 3.66. The van der Waals surface area contributed by atoms with Gasteiger partial charge in [0.25, 0.3) is 5.91 Å². The number of nitrogens with one attached hydrogen (secondary N) is 3. The molecular formula is C21H34N6O2. The van der Waals surface area contributed by atoms with Crippen LogP contribution in [0.5, 0.6) is 0 Å². The van der Waals surface area contributed by atoms with E-state index in [9.17, 15) is 9.59 Å². The molecule has 0 radical (unpaired) electrons. The molecule has 29 heavy (non-hydrogen) atoms. The molecule has 0 fully saturated rings. The van der Waals surface area contributed by atoms with Crippen molar-refractivity contribution in [1.29, 1.82) is 0 Å². The average molecular weight is 403 g/mol. The van der Waals surface area contributed by atoms with Crippen LogP contribution in [-0.4, -0.2) is 66.0 Å². The van der Waals surface area contributed by atoms with E-state index in [2.05, 4.69) is 38.5 Å². The Hall–Kier alpha value is -2.19. The fourth-order valence-electron chi connectivity index (χ4n) is 3.99. The first kappa shape index (κ1) is 21.5. The van der Waals surface area contributed by atoms with E-state index in [1.165, 1.54) is 5.57 Å². The second-order valence-corrected chi connectivity index (χ2v) is 9.04. The van der Waals surface area contributed by atoms with E-state index in [0.717, 1.165) is 50.5 Å². The maximum Gasteiger partial charge on any atom is 0.272 e. The molecule has 0 bridgehead atoms. The highest BCUT2D eigenvalue weighted by atomic mass is 16.2. The molecule has 0 aliphatic carbocycles. The zero-order valence-corrected chi connectivity index (χ0v) is 18.3. The van der Waals surface area contributed by atoms with E-state index >= 15 is 0 Å². The van der Waals surface area contributed by atoms with Crippen molar-refractivity contribution in [3.8, 4) is 0 Å². The zero-order valence-electron chi connectivity index (χ0n) is 18.3. The molecule has 2 aliphatic heterocycles. The van der Waals surface area contributed by atoms with Gasteiger partial charge in [-0.2, -0.15) is 0 Å². The fourth-order valence-corrected chi connectivity index (χ4v) is 3.99. The average Bonchev–Trinajstić information content (AvgIpc) is 2.92. The summed E-state index contributed by atoms with van der Waals surface area (Å²) in [5.74, 6) is 0.414. The van der Waals surface area contributed by atoms with Crippen LogP contribution in [0.2, 0.25) is 0 Å². The normalized spacial score (nSPS) is 19.0. The molecular weight excluding hydrogens is 368 g/mol. The highest BCUT2D eigenvalue weighted by Crippen LogP contribution is 2.27. The smallest absolute Gasteiger partial charge is 0.272 e. The molecule has 160 valence electrons. The quantitative estimate of drug-likeness (QED) is 0.699. The largest absolute Gasteiger partial charge is 0.357 e. The molecule has 1 atom stereocenters. The lowest BCUT2D eigenvalue weighted by Gasteiger charge is -2.29. The zero-order chi connectivity index (χ0) is 21.2. The molecule has 3 rings (SSSR count). The van der Waals surface area contributed by atoms with Crippen LogP contribution in [0.25, 0.3) is 5.57 Å². The van der Waals surface area contributed by atoms with Crippen molar-refractivity contribution in [2.24, 2.45) is 5.41 Å². The lowest BCUT2D eigenvalue weighted by atomic mass is 9.86. The molecule has 0 saturated carbocycles. The van der Waals surface area contributed by atoms with Gasteiger partial charge in [0.05, 0.1) is 5.69 Å². The molecule has 8 nitrogen and oxygen atoms in total. The van der Waals surface area contributed by atoms with Gasteiger partial charge in [-0.05, 0) is 44.0 Å². The number of aromatic nitrogens is 2. The molecule has 1 aromatic heterocycles. The molecule has 3 N–H and O–H groups in total. The first-order valence-electron chi connectivity index (χ1n) is 10.4. The lowest BCUT2D eigenvalue weighted by molar-refractivity contribution is -0.124. The van der Waals surface area contributed by atoms with E-state index in [-0.39, 0.29) is 11.8 Å². The minimum atomic E-state index is -0.637. The Morgan fingerprint density at radius 1 is 1.28 bits per heavy atom. The number of carbonyl (C=O) groups is 2. The van der Waals surface area contributed by atoms with Gasteiger partial charge in [-0.1, -0.05) is 26.8 Å². The first-order valence-corrected chi connectivity index (χ1v) is 10.4. The first-order chi connectivity index (χ1) is 13.7. The summed E-state index contributed by atoms with van der Waals surface area (Å²) in [6.07, 6.45) is 4.08. The number of imidazole rings is 1. The van der Waals surface area contributed by atoms with Crippen LogP contribution in [0.1, 0.15) is 55.6 Å². The minimum absolute atomic E-state index is 0.199. The second-order valence-electron chi connectivity index (χ2n) is 9.04. The molecule has 0 unspecified atom stereocenters. The van der Waals surface area contributed by atoms with Crippen molar-refractivity contribution < 1.29 is 9.59 Å². The number of carbonyl (C=O) groups excluding carboxylic acids is 2. The Labute approximate surface area is 173 Å². The Balaban J connectivity index is 1.99. The third-order valence-corrected chi connectivity index (χ3v) is 5.63. The van der Waals surface area contributed by atoms with Crippen molar-refractivity contribution >= 4 is 17.4 Å². The molecule has 0 aromatic carbocycles. The summed E-state index contributed by atoms with van der Waals surface area (Å²) in [6, 6.07) is -0.637. The molecule has 8 heteroatoms. The highest BCUT2D eigenvalue weighted by Gasteiger charge is 2.34. The number of amides is 2.